The first-order chi connectivity index (χ1) is 12.1. The van der Waals surface area contributed by atoms with Gasteiger partial charge < -0.3 is 14.7 Å². The molecule has 0 fully saturated rings. The Balaban J connectivity index is 1.89. The van der Waals surface area contributed by atoms with Crippen LogP contribution < -0.4 is 9.64 Å². The number of aromatic hydroxyl groups is 1. The summed E-state index contributed by atoms with van der Waals surface area (Å²) in [5, 5.41) is 10.3. The van der Waals surface area contributed by atoms with Crippen LogP contribution >= 0.6 is 0 Å². The summed E-state index contributed by atoms with van der Waals surface area (Å²) >= 11 is 0. The number of carbonyl (C=O) groups excluding carboxylic acids is 1. The minimum atomic E-state index is -0.161. The Bertz CT molecular complexity index is 800. The SMILES string of the molecule is CCCC[NH+](C)Cc1c(O)ccc2c1O/C(=C/c1cccnc1)C2=O. The molecule has 0 spiro atoms. The maximum Gasteiger partial charge on any atom is 0.231 e. The fourth-order valence-electron chi connectivity index (χ4n) is 2.95. The number of pyridine rings is 1. The third-order valence-corrected chi connectivity index (χ3v) is 4.33. The summed E-state index contributed by atoms with van der Waals surface area (Å²) in [5.74, 6) is 0.758. The lowest BCUT2D eigenvalue weighted by Gasteiger charge is -2.16. The summed E-state index contributed by atoms with van der Waals surface area (Å²) in [6.07, 6.45) is 7.29. The molecule has 1 unspecified atom stereocenters. The zero-order valence-corrected chi connectivity index (χ0v) is 14.6. The van der Waals surface area contributed by atoms with Crippen molar-refractivity contribution in [3.63, 3.8) is 0 Å². The normalized spacial score (nSPS) is 15.9. The highest BCUT2D eigenvalue weighted by molar-refractivity contribution is 6.14. The predicted molar refractivity (Wildman–Crippen MR) is 95.6 cm³/mol. The number of nitrogens with zero attached hydrogens (tertiary/aromatic N) is 1. The van der Waals surface area contributed by atoms with Crippen molar-refractivity contribution in [2.45, 2.75) is 26.3 Å². The van der Waals surface area contributed by atoms with Crippen LogP contribution in [0.4, 0.5) is 0 Å². The van der Waals surface area contributed by atoms with E-state index < -0.39 is 0 Å². The topological polar surface area (TPSA) is 63.9 Å². The maximum absolute atomic E-state index is 12.6. The third-order valence-electron chi connectivity index (χ3n) is 4.33. The number of phenolic OH excluding ortho intramolecular Hbond substituents is 1. The van der Waals surface area contributed by atoms with Gasteiger partial charge in [-0.25, -0.2) is 0 Å². The largest absolute Gasteiger partial charge is 0.507 e. The Hall–Kier alpha value is -2.66. The lowest BCUT2D eigenvalue weighted by Crippen LogP contribution is -3.07. The number of hydrogen-bond acceptors (Lipinski definition) is 4. The van der Waals surface area contributed by atoms with Gasteiger partial charge in [0.05, 0.1) is 24.7 Å². The van der Waals surface area contributed by atoms with E-state index in [9.17, 15) is 9.90 Å². The zero-order valence-electron chi connectivity index (χ0n) is 14.6. The molecule has 0 radical (unpaired) electrons. The number of ketones is 1. The number of hydrogen-bond donors (Lipinski definition) is 2. The number of carbonyl (C=O) groups is 1. The standard InChI is InChI=1S/C20H22N2O3/c1-3-4-10-22(2)13-16-17(23)8-7-15-19(24)18(25-20(15)16)11-14-6-5-9-21-12-14/h5-9,11-12,23H,3-4,10,13H2,1-2H3/p+1/b18-11+. The zero-order chi connectivity index (χ0) is 17.8. The van der Waals surface area contributed by atoms with Crippen LogP contribution in [0.3, 0.4) is 0 Å². The van der Waals surface area contributed by atoms with Gasteiger partial charge in [-0.3, -0.25) is 9.78 Å². The van der Waals surface area contributed by atoms with Crippen molar-refractivity contribution in [3.05, 3.63) is 59.1 Å². The predicted octanol–water partition coefficient (Wildman–Crippen LogP) is 2.22. The van der Waals surface area contributed by atoms with Crippen molar-refractivity contribution in [3.8, 4) is 11.5 Å². The third kappa shape index (κ3) is 3.72. The van der Waals surface area contributed by atoms with Gasteiger partial charge in [-0.15, -0.1) is 0 Å². The fourth-order valence-corrected chi connectivity index (χ4v) is 2.95. The minimum Gasteiger partial charge on any atom is -0.507 e. The van der Waals surface area contributed by atoms with Crippen LogP contribution in [0.1, 0.15) is 41.3 Å². The van der Waals surface area contributed by atoms with Crippen LogP contribution in [0, 0.1) is 0 Å². The molecule has 2 aromatic rings. The van der Waals surface area contributed by atoms with E-state index in [1.807, 2.05) is 12.1 Å². The van der Waals surface area contributed by atoms with Crippen LogP contribution in [0.15, 0.2) is 42.4 Å². The number of allylic oxidation sites excluding steroid dienone is 1. The second kappa shape index (κ2) is 7.49. The second-order valence-corrected chi connectivity index (χ2v) is 6.40. The maximum atomic E-state index is 12.6. The van der Waals surface area contributed by atoms with Crippen LogP contribution in [0.5, 0.6) is 11.5 Å². The first kappa shape index (κ1) is 17.2. The quantitative estimate of drug-likeness (QED) is 0.792. The molecular formula is C20H23N2O3+. The van der Waals surface area contributed by atoms with E-state index in [2.05, 4.69) is 19.0 Å². The molecule has 0 saturated heterocycles. The number of unbranched alkanes of at least 4 members (excludes halogenated alkanes) is 1. The lowest BCUT2D eigenvalue weighted by molar-refractivity contribution is -0.894. The number of rotatable bonds is 6. The smallest absolute Gasteiger partial charge is 0.231 e. The number of aromatic nitrogens is 1. The minimum absolute atomic E-state index is 0.161. The van der Waals surface area contributed by atoms with Gasteiger partial charge >= 0.3 is 0 Å². The molecule has 5 heteroatoms. The Morgan fingerprint density at radius 3 is 2.88 bits per heavy atom. The second-order valence-electron chi connectivity index (χ2n) is 6.40. The van der Waals surface area contributed by atoms with E-state index in [0.717, 1.165) is 24.9 Å². The Kier molecular flexibility index (Phi) is 5.14. The van der Waals surface area contributed by atoms with Gasteiger partial charge in [-0.1, -0.05) is 19.4 Å². The van der Waals surface area contributed by atoms with E-state index in [1.54, 1.807) is 30.6 Å². The highest BCUT2D eigenvalue weighted by atomic mass is 16.5. The molecule has 1 aliphatic heterocycles. The van der Waals surface area contributed by atoms with E-state index in [0.29, 0.717) is 23.4 Å². The Labute approximate surface area is 147 Å². The number of fused-ring (bicyclic) bond motifs is 1. The summed E-state index contributed by atoms with van der Waals surface area (Å²) in [7, 11) is 2.08. The molecule has 0 bridgehead atoms. The van der Waals surface area contributed by atoms with Crippen LogP contribution in [-0.2, 0) is 6.54 Å². The molecule has 1 aromatic heterocycles. The molecule has 25 heavy (non-hydrogen) atoms. The first-order valence-corrected chi connectivity index (χ1v) is 8.60. The molecule has 2 heterocycles. The molecule has 0 saturated carbocycles. The van der Waals surface area contributed by atoms with Gasteiger partial charge in [0, 0.05) is 12.4 Å². The first-order valence-electron chi connectivity index (χ1n) is 8.60. The molecule has 0 aliphatic carbocycles. The van der Waals surface area contributed by atoms with Crippen LogP contribution in [0.2, 0.25) is 0 Å². The van der Waals surface area contributed by atoms with Crippen LogP contribution in [0.25, 0.3) is 6.08 Å². The summed E-state index contributed by atoms with van der Waals surface area (Å²) in [6.45, 7) is 3.77. The number of Topliss-reactive ketones (excluding diaryl/α,β-unsaturated/α-hetero) is 1. The van der Waals surface area contributed by atoms with Gasteiger partial charge in [0.15, 0.2) is 11.5 Å². The lowest BCUT2D eigenvalue weighted by atomic mass is 10.0. The number of nitrogens with one attached hydrogen (secondary N) is 1. The van der Waals surface area contributed by atoms with E-state index in [1.165, 1.54) is 4.90 Å². The van der Waals surface area contributed by atoms with Gasteiger partial charge in [0.25, 0.3) is 0 Å². The van der Waals surface area contributed by atoms with Crippen LogP contribution in [-0.4, -0.2) is 29.5 Å². The van der Waals surface area contributed by atoms with Crippen molar-refractivity contribution >= 4 is 11.9 Å². The monoisotopic (exact) mass is 339 g/mol. The summed E-state index contributed by atoms with van der Waals surface area (Å²) in [6, 6.07) is 6.88. The highest BCUT2D eigenvalue weighted by Crippen LogP contribution is 2.39. The summed E-state index contributed by atoms with van der Waals surface area (Å²) in [5.41, 5.74) is 2.00. The van der Waals surface area contributed by atoms with Crippen molar-refractivity contribution in [1.82, 2.24) is 4.98 Å². The molecule has 2 N–H and O–H groups in total. The Morgan fingerprint density at radius 2 is 2.16 bits per heavy atom. The molecule has 1 aromatic carbocycles. The van der Waals surface area contributed by atoms with Crippen molar-refractivity contribution in [2.75, 3.05) is 13.6 Å². The fraction of sp³-hybridized carbons (Fsp3) is 0.300. The van der Waals surface area contributed by atoms with Crippen molar-refractivity contribution in [2.24, 2.45) is 0 Å². The van der Waals surface area contributed by atoms with Gasteiger partial charge in [-0.05, 0) is 36.3 Å². The number of benzene rings is 1. The van der Waals surface area contributed by atoms with Gasteiger partial charge in [0.2, 0.25) is 5.78 Å². The van der Waals surface area contributed by atoms with E-state index in [-0.39, 0.29) is 17.3 Å². The van der Waals surface area contributed by atoms with E-state index >= 15 is 0 Å². The number of quaternary nitrogens is 1. The molecule has 5 nitrogen and oxygen atoms in total. The molecule has 0 amide bonds. The van der Waals surface area contributed by atoms with Crippen molar-refractivity contribution < 1.29 is 19.5 Å². The van der Waals surface area contributed by atoms with E-state index in [4.69, 9.17) is 4.74 Å². The summed E-state index contributed by atoms with van der Waals surface area (Å²) in [4.78, 5) is 17.9. The highest BCUT2D eigenvalue weighted by Gasteiger charge is 2.32. The number of ether oxygens (including phenoxy) is 1. The molecule has 1 aliphatic rings. The molecule has 1 atom stereocenters. The molecule has 3 rings (SSSR count). The molecular weight excluding hydrogens is 316 g/mol. The Morgan fingerprint density at radius 1 is 1.32 bits per heavy atom. The summed E-state index contributed by atoms with van der Waals surface area (Å²) < 4.78 is 5.85. The van der Waals surface area contributed by atoms with Crippen molar-refractivity contribution in [1.29, 1.82) is 0 Å². The number of phenols is 1. The van der Waals surface area contributed by atoms with Gasteiger partial charge in [0.1, 0.15) is 12.3 Å². The van der Waals surface area contributed by atoms with Gasteiger partial charge in [-0.2, -0.15) is 0 Å². The average Bonchev–Trinajstić information content (AvgIpc) is 2.93. The molecule has 130 valence electrons. The average molecular weight is 339 g/mol.